The zero-order valence-electron chi connectivity index (χ0n) is 10.8. The van der Waals surface area contributed by atoms with E-state index in [1.54, 1.807) is 6.20 Å². The van der Waals surface area contributed by atoms with Gasteiger partial charge in [0.05, 0.1) is 11.7 Å². The van der Waals surface area contributed by atoms with E-state index in [4.69, 9.17) is 4.74 Å². The molecule has 1 atom stereocenters. The number of aliphatic hydroxyl groups is 1. The highest BCUT2D eigenvalue weighted by atomic mass is 32.1. The highest BCUT2D eigenvalue weighted by Gasteiger charge is 2.34. The van der Waals surface area contributed by atoms with Gasteiger partial charge >= 0.3 is 0 Å². The quantitative estimate of drug-likeness (QED) is 0.749. The summed E-state index contributed by atoms with van der Waals surface area (Å²) in [5, 5.41) is 13.1. The zero-order valence-corrected chi connectivity index (χ0v) is 11.6. The lowest BCUT2D eigenvalue weighted by atomic mass is 9.67. The molecule has 5 nitrogen and oxygen atoms in total. The number of nitrogens with zero attached hydrogens (tertiary/aromatic N) is 2. The first-order valence-corrected chi connectivity index (χ1v) is 7.26. The molecule has 1 fully saturated rings. The summed E-state index contributed by atoms with van der Waals surface area (Å²) >= 11 is 1.10. The first-order chi connectivity index (χ1) is 8.74. The van der Waals surface area contributed by atoms with Gasteiger partial charge in [-0.15, -0.1) is 4.37 Å². The molecule has 1 aromatic heterocycles. The minimum Gasteiger partial charge on any atom is -0.473 e. The summed E-state index contributed by atoms with van der Waals surface area (Å²) in [6.07, 6.45) is 6.25. The standard InChI is InChI=1S/C12H21N3O2S/c1-2-12(4-3-5-12)9-13-6-10(16)8-17-11-7-14-18-15-11/h7,10,13,16H,2-6,8-9H2,1H3. The lowest BCUT2D eigenvalue weighted by Gasteiger charge is -2.41. The number of aliphatic hydroxyl groups excluding tert-OH is 1. The van der Waals surface area contributed by atoms with Crippen LogP contribution in [0.3, 0.4) is 0 Å². The molecule has 0 spiro atoms. The van der Waals surface area contributed by atoms with Gasteiger partial charge in [0.2, 0.25) is 5.88 Å². The number of nitrogens with one attached hydrogen (secondary N) is 1. The van der Waals surface area contributed by atoms with Gasteiger partial charge in [-0.2, -0.15) is 4.37 Å². The first-order valence-electron chi connectivity index (χ1n) is 6.53. The molecular weight excluding hydrogens is 250 g/mol. The normalized spacial score (nSPS) is 19.2. The highest BCUT2D eigenvalue weighted by molar-refractivity contribution is 6.99. The van der Waals surface area contributed by atoms with E-state index in [0.717, 1.165) is 18.3 Å². The number of ether oxygens (including phenoxy) is 1. The van der Waals surface area contributed by atoms with E-state index in [-0.39, 0.29) is 6.61 Å². The monoisotopic (exact) mass is 271 g/mol. The largest absolute Gasteiger partial charge is 0.473 e. The van der Waals surface area contributed by atoms with Gasteiger partial charge in [0.1, 0.15) is 18.9 Å². The summed E-state index contributed by atoms with van der Waals surface area (Å²) in [6.45, 7) is 4.07. The van der Waals surface area contributed by atoms with Crippen LogP contribution >= 0.6 is 11.7 Å². The average molecular weight is 271 g/mol. The van der Waals surface area contributed by atoms with Crippen LogP contribution in [-0.2, 0) is 0 Å². The summed E-state index contributed by atoms with van der Waals surface area (Å²) < 4.78 is 13.1. The fourth-order valence-corrected chi connectivity index (χ4v) is 2.66. The molecule has 0 aliphatic heterocycles. The van der Waals surface area contributed by atoms with Crippen molar-refractivity contribution < 1.29 is 9.84 Å². The summed E-state index contributed by atoms with van der Waals surface area (Å²) in [6, 6.07) is 0. The van der Waals surface area contributed by atoms with Crippen molar-refractivity contribution in [3.8, 4) is 5.88 Å². The van der Waals surface area contributed by atoms with Gasteiger partial charge in [-0.05, 0) is 24.7 Å². The summed E-state index contributed by atoms with van der Waals surface area (Å²) in [4.78, 5) is 0. The van der Waals surface area contributed by atoms with Crippen molar-refractivity contribution in [2.75, 3.05) is 19.7 Å². The van der Waals surface area contributed by atoms with Gasteiger partial charge in [0.25, 0.3) is 0 Å². The Bertz CT molecular complexity index is 336. The maximum atomic E-state index is 9.78. The summed E-state index contributed by atoms with van der Waals surface area (Å²) in [7, 11) is 0. The topological polar surface area (TPSA) is 67.3 Å². The average Bonchev–Trinajstić information content (AvgIpc) is 2.83. The van der Waals surface area contributed by atoms with Gasteiger partial charge < -0.3 is 15.2 Å². The van der Waals surface area contributed by atoms with E-state index in [9.17, 15) is 5.11 Å². The summed E-state index contributed by atoms with van der Waals surface area (Å²) in [5.74, 6) is 0.489. The molecule has 18 heavy (non-hydrogen) atoms. The fraction of sp³-hybridized carbons (Fsp3) is 0.833. The number of aromatic nitrogens is 2. The Balaban J connectivity index is 1.58. The van der Waals surface area contributed by atoms with Crippen molar-refractivity contribution in [2.45, 2.75) is 38.7 Å². The maximum absolute atomic E-state index is 9.78. The number of hydrogen-bond acceptors (Lipinski definition) is 6. The Hall–Kier alpha value is -0.720. The van der Waals surface area contributed by atoms with Crippen LogP contribution < -0.4 is 10.1 Å². The van der Waals surface area contributed by atoms with Crippen LogP contribution in [0.4, 0.5) is 0 Å². The highest BCUT2D eigenvalue weighted by Crippen LogP contribution is 2.42. The molecule has 1 aliphatic carbocycles. The molecule has 0 bridgehead atoms. The third-order valence-electron chi connectivity index (χ3n) is 3.81. The molecule has 1 heterocycles. The number of rotatable bonds is 8. The van der Waals surface area contributed by atoms with E-state index in [1.165, 1.54) is 25.7 Å². The lowest BCUT2D eigenvalue weighted by Crippen LogP contribution is -2.42. The Morgan fingerprint density at radius 2 is 2.44 bits per heavy atom. The molecule has 1 aromatic rings. The molecule has 102 valence electrons. The van der Waals surface area contributed by atoms with Gasteiger partial charge in [-0.25, -0.2) is 0 Å². The predicted octanol–water partition coefficient (Wildman–Crippen LogP) is 1.45. The van der Waals surface area contributed by atoms with Crippen LogP contribution in [0.2, 0.25) is 0 Å². The molecule has 0 saturated heterocycles. The predicted molar refractivity (Wildman–Crippen MR) is 70.9 cm³/mol. The van der Waals surface area contributed by atoms with Gasteiger partial charge in [-0.1, -0.05) is 13.3 Å². The molecule has 0 radical (unpaired) electrons. The van der Waals surface area contributed by atoms with E-state index < -0.39 is 6.10 Å². The number of hydrogen-bond donors (Lipinski definition) is 2. The van der Waals surface area contributed by atoms with Crippen LogP contribution in [0.15, 0.2) is 6.20 Å². The second kappa shape index (κ2) is 6.45. The minimum absolute atomic E-state index is 0.261. The Labute approximate surface area is 112 Å². The van der Waals surface area contributed by atoms with Crippen molar-refractivity contribution in [2.24, 2.45) is 5.41 Å². The van der Waals surface area contributed by atoms with Crippen molar-refractivity contribution in [1.82, 2.24) is 14.1 Å². The minimum atomic E-state index is -0.499. The van der Waals surface area contributed by atoms with Gasteiger partial charge in [0, 0.05) is 13.1 Å². The Morgan fingerprint density at radius 3 is 3.00 bits per heavy atom. The second-order valence-corrected chi connectivity index (χ2v) is 5.61. The SMILES string of the molecule is CCC1(CNCC(O)COc2cnsn2)CCC1. The molecule has 1 aliphatic rings. The van der Waals surface area contributed by atoms with Gasteiger partial charge in [0.15, 0.2) is 0 Å². The molecule has 2 N–H and O–H groups in total. The summed E-state index contributed by atoms with van der Waals surface area (Å²) in [5.41, 5.74) is 0.486. The van der Waals surface area contributed by atoms with E-state index in [0.29, 0.717) is 17.8 Å². The van der Waals surface area contributed by atoms with E-state index in [2.05, 4.69) is 21.0 Å². The van der Waals surface area contributed by atoms with Gasteiger partial charge in [-0.3, -0.25) is 0 Å². The van der Waals surface area contributed by atoms with Crippen molar-refractivity contribution in [3.63, 3.8) is 0 Å². The fourth-order valence-electron chi connectivity index (χ4n) is 2.30. The third-order valence-corrected chi connectivity index (χ3v) is 4.27. The molecule has 0 aromatic carbocycles. The van der Waals surface area contributed by atoms with Crippen molar-refractivity contribution in [1.29, 1.82) is 0 Å². The smallest absolute Gasteiger partial charge is 0.245 e. The molecule has 1 saturated carbocycles. The van der Waals surface area contributed by atoms with E-state index >= 15 is 0 Å². The van der Waals surface area contributed by atoms with Crippen LogP contribution in [0, 0.1) is 5.41 Å². The maximum Gasteiger partial charge on any atom is 0.245 e. The Kier molecular flexibility index (Phi) is 4.91. The van der Waals surface area contributed by atoms with Crippen LogP contribution in [-0.4, -0.2) is 39.7 Å². The third kappa shape index (κ3) is 3.63. The molecule has 0 amide bonds. The molecule has 1 unspecified atom stereocenters. The van der Waals surface area contributed by atoms with Crippen LogP contribution in [0.1, 0.15) is 32.6 Å². The Morgan fingerprint density at radius 1 is 1.61 bits per heavy atom. The van der Waals surface area contributed by atoms with Crippen molar-refractivity contribution >= 4 is 11.7 Å². The zero-order chi connectivity index (χ0) is 12.8. The lowest BCUT2D eigenvalue weighted by molar-refractivity contribution is 0.0858. The molecule has 2 rings (SSSR count). The first kappa shape index (κ1) is 13.7. The molecule has 6 heteroatoms. The van der Waals surface area contributed by atoms with E-state index in [1.807, 2.05) is 0 Å². The molecular formula is C12H21N3O2S. The van der Waals surface area contributed by atoms with Crippen LogP contribution in [0.5, 0.6) is 5.88 Å². The van der Waals surface area contributed by atoms with Crippen LogP contribution in [0.25, 0.3) is 0 Å². The van der Waals surface area contributed by atoms with Crippen molar-refractivity contribution in [3.05, 3.63) is 6.20 Å². The second-order valence-electron chi connectivity index (χ2n) is 5.05.